The summed E-state index contributed by atoms with van der Waals surface area (Å²) in [6, 6.07) is 6.36. The maximum absolute atomic E-state index is 14.4. The maximum atomic E-state index is 14.4. The van der Waals surface area contributed by atoms with Crippen LogP contribution in [0.5, 0.6) is 0 Å². The average molecular weight is 482 g/mol. The summed E-state index contributed by atoms with van der Waals surface area (Å²) in [6.07, 6.45) is 4.21. The molecule has 0 radical (unpaired) electrons. The van der Waals surface area contributed by atoms with E-state index < -0.39 is 47.0 Å². The van der Waals surface area contributed by atoms with Crippen molar-refractivity contribution in [2.24, 2.45) is 0 Å². The van der Waals surface area contributed by atoms with Gasteiger partial charge in [0.15, 0.2) is 0 Å². The summed E-state index contributed by atoms with van der Waals surface area (Å²) in [5.74, 6) is -1.94. The van der Waals surface area contributed by atoms with Crippen molar-refractivity contribution in [1.82, 2.24) is 18.6 Å². The van der Waals surface area contributed by atoms with Crippen molar-refractivity contribution in [2.45, 2.75) is 18.9 Å². The van der Waals surface area contributed by atoms with Crippen molar-refractivity contribution < 1.29 is 26.4 Å². The summed E-state index contributed by atoms with van der Waals surface area (Å²) in [5.41, 5.74) is 1.24. The first kappa shape index (κ1) is 23.1. The quantitative estimate of drug-likeness (QED) is 0.561. The fraction of sp³-hybridized carbons (Fsp3) is 0.333. The zero-order valence-electron chi connectivity index (χ0n) is 17.7. The van der Waals surface area contributed by atoms with Crippen LogP contribution in [-0.2, 0) is 10.2 Å². The molecular weight excluding hydrogens is 459 g/mol. The predicted octanol–water partition coefficient (Wildman–Crippen LogP) is 2.83. The Bertz CT molecular complexity index is 1300. The number of halogens is 3. The van der Waals surface area contributed by atoms with E-state index in [0.29, 0.717) is 28.5 Å². The fourth-order valence-corrected chi connectivity index (χ4v) is 4.79. The lowest BCUT2D eigenvalue weighted by molar-refractivity contribution is 0.0981. The molecule has 1 aliphatic heterocycles. The summed E-state index contributed by atoms with van der Waals surface area (Å²) < 4.78 is 69.1. The van der Waals surface area contributed by atoms with Crippen LogP contribution in [0.1, 0.15) is 34.8 Å². The Kier molecular flexibility index (Phi) is 6.30. The van der Waals surface area contributed by atoms with E-state index >= 15 is 0 Å². The molecule has 0 bridgehead atoms. The van der Waals surface area contributed by atoms with Gasteiger partial charge in [-0.25, -0.2) is 22.4 Å². The van der Waals surface area contributed by atoms with E-state index in [0.717, 1.165) is 25.6 Å². The number of pyridine rings is 1. The smallest absolute Gasteiger partial charge is 0.303 e. The molecule has 0 saturated carbocycles. The van der Waals surface area contributed by atoms with Gasteiger partial charge in [-0.15, -0.1) is 0 Å². The number of aromatic nitrogens is 2. The summed E-state index contributed by atoms with van der Waals surface area (Å²) >= 11 is 0. The largest absolute Gasteiger partial charge is 0.364 e. The van der Waals surface area contributed by atoms with E-state index in [9.17, 15) is 26.4 Å². The topological polar surface area (TPSA) is 87.0 Å². The fourth-order valence-electron chi connectivity index (χ4n) is 3.98. The highest BCUT2D eigenvalue weighted by Gasteiger charge is 2.30. The zero-order valence-corrected chi connectivity index (χ0v) is 18.5. The van der Waals surface area contributed by atoms with Gasteiger partial charge in [0, 0.05) is 37.6 Å². The van der Waals surface area contributed by atoms with Crippen molar-refractivity contribution >= 4 is 27.3 Å². The minimum absolute atomic E-state index is 0.00163. The van der Waals surface area contributed by atoms with Crippen molar-refractivity contribution in [3.63, 3.8) is 0 Å². The molecule has 33 heavy (non-hydrogen) atoms. The van der Waals surface area contributed by atoms with Crippen LogP contribution < -0.4 is 9.62 Å². The molecule has 1 N–H and O–H groups in total. The van der Waals surface area contributed by atoms with Gasteiger partial charge in [0.2, 0.25) is 0 Å². The van der Waals surface area contributed by atoms with Crippen LogP contribution >= 0.6 is 0 Å². The van der Waals surface area contributed by atoms with E-state index in [1.54, 1.807) is 18.3 Å². The van der Waals surface area contributed by atoms with Gasteiger partial charge in [-0.2, -0.15) is 17.8 Å². The monoisotopic (exact) mass is 481 g/mol. The lowest BCUT2D eigenvalue weighted by Crippen LogP contribution is -2.42. The van der Waals surface area contributed by atoms with E-state index in [-0.39, 0.29) is 11.1 Å². The average Bonchev–Trinajstić information content (AvgIpc) is 3.42. The molecule has 1 fully saturated rings. The number of amides is 1. The van der Waals surface area contributed by atoms with Crippen molar-refractivity contribution in [2.75, 3.05) is 31.7 Å². The van der Waals surface area contributed by atoms with Gasteiger partial charge >= 0.3 is 10.2 Å². The van der Waals surface area contributed by atoms with Gasteiger partial charge in [0.1, 0.15) is 18.3 Å². The minimum Gasteiger partial charge on any atom is -0.364 e. The molecule has 3 aromatic rings. The molecule has 1 aromatic carbocycles. The van der Waals surface area contributed by atoms with Crippen molar-refractivity contribution in [1.29, 1.82) is 0 Å². The Balaban J connectivity index is 1.65. The van der Waals surface area contributed by atoms with Crippen molar-refractivity contribution in [3.05, 3.63) is 65.5 Å². The molecule has 3 heterocycles. The maximum Gasteiger partial charge on any atom is 0.303 e. The molecule has 1 amide bonds. The Morgan fingerprint density at radius 1 is 1.27 bits per heavy atom. The third kappa shape index (κ3) is 4.53. The molecule has 0 spiro atoms. The Hall–Kier alpha value is -3.12. The standard InChI is InChI=1S/C21H22F3N5O3S/c1-27(10-7-22)33(31,32)26-21(30)17-13-25-29-9-6-15(12-20(17)29)28-8-2-3-19(28)16-11-14(23)4-5-18(16)24/h4-6,9,11-13,19H,2-3,7-8,10H2,1H3,(H,26,30). The second-order valence-electron chi connectivity index (χ2n) is 7.74. The number of rotatable bonds is 7. The lowest BCUT2D eigenvalue weighted by Gasteiger charge is -2.27. The summed E-state index contributed by atoms with van der Waals surface area (Å²) in [7, 11) is -3.07. The van der Waals surface area contributed by atoms with E-state index in [2.05, 4.69) is 5.10 Å². The molecule has 12 heteroatoms. The molecule has 176 valence electrons. The highest BCUT2D eigenvalue weighted by molar-refractivity contribution is 7.87. The number of fused-ring (bicyclic) bond motifs is 1. The number of anilines is 1. The Morgan fingerprint density at radius 2 is 2.06 bits per heavy atom. The number of benzene rings is 1. The molecule has 1 saturated heterocycles. The molecule has 2 aromatic heterocycles. The Morgan fingerprint density at radius 3 is 2.82 bits per heavy atom. The highest BCUT2D eigenvalue weighted by atomic mass is 32.2. The first-order valence-corrected chi connectivity index (χ1v) is 11.7. The molecule has 1 unspecified atom stereocenters. The molecular formula is C21H22F3N5O3S. The van der Waals surface area contributed by atoms with Crippen LogP contribution in [0.4, 0.5) is 18.9 Å². The summed E-state index contributed by atoms with van der Waals surface area (Å²) in [6.45, 7) is -0.696. The number of hydrogen-bond donors (Lipinski definition) is 1. The van der Waals surface area contributed by atoms with Gasteiger partial charge in [0.25, 0.3) is 5.91 Å². The molecule has 1 aliphatic rings. The van der Waals surface area contributed by atoms with Gasteiger partial charge in [-0.1, -0.05) is 0 Å². The molecule has 0 aliphatic carbocycles. The highest BCUT2D eigenvalue weighted by Crippen LogP contribution is 2.38. The van der Waals surface area contributed by atoms with Crippen LogP contribution in [0.15, 0.2) is 42.7 Å². The molecule has 1 atom stereocenters. The third-order valence-corrected chi connectivity index (χ3v) is 7.13. The molecule has 4 rings (SSSR count). The minimum atomic E-state index is -4.23. The number of nitrogens with zero attached hydrogens (tertiary/aromatic N) is 4. The van der Waals surface area contributed by atoms with Gasteiger partial charge in [0.05, 0.1) is 23.3 Å². The second-order valence-corrected chi connectivity index (χ2v) is 9.51. The van der Waals surface area contributed by atoms with Gasteiger partial charge in [-0.3, -0.25) is 4.79 Å². The first-order chi connectivity index (χ1) is 15.7. The second kappa shape index (κ2) is 9.02. The SMILES string of the molecule is CN(CCF)S(=O)(=O)NC(=O)c1cnn2ccc(N3CCCC3c3cc(F)ccc3F)cc12. The molecule has 8 nitrogen and oxygen atoms in total. The predicted molar refractivity (Wildman–Crippen MR) is 116 cm³/mol. The number of alkyl halides is 1. The van der Waals surface area contributed by atoms with Gasteiger partial charge < -0.3 is 4.90 Å². The van der Waals surface area contributed by atoms with E-state index in [4.69, 9.17) is 0 Å². The Labute approximate surface area is 188 Å². The first-order valence-electron chi connectivity index (χ1n) is 10.2. The zero-order chi connectivity index (χ0) is 23.8. The number of carbonyl (C=O) groups is 1. The normalized spacial score (nSPS) is 16.6. The van der Waals surface area contributed by atoms with Gasteiger partial charge in [-0.05, 0) is 43.2 Å². The summed E-state index contributed by atoms with van der Waals surface area (Å²) in [4.78, 5) is 14.6. The number of carbonyl (C=O) groups excluding carboxylic acids is 1. The van der Waals surface area contributed by atoms with E-state index in [1.807, 2.05) is 9.62 Å². The van der Waals surface area contributed by atoms with Crippen LogP contribution in [-0.4, -0.2) is 55.1 Å². The van der Waals surface area contributed by atoms with E-state index in [1.165, 1.54) is 16.8 Å². The summed E-state index contributed by atoms with van der Waals surface area (Å²) in [5, 5.41) is 4.08. The van der Waals surface area contributed by atoms with Crippen LogP contribution in [0, 0.1) is 11.6 Å². The third-order valence-electron chi connectivity index (χ3n) is 5.68. The lowest BCUT2D eigenvalue weighted by atomic mass is 10.0. The number of hydrogen-bond acceptors (Lipinski definition) is 5. The number of nitrogens with one attached hydrogen (secondary N) is 1. The van der Waals surface area contributed by atoms with Crippen LogP contribution in [0.2, 0.25) is 0 Å². The van der Waals surface area contributed by atoms with Crippen LogP contribution in [0.3, 0.4) is 0 Å². The van der Waals surface area contributed by atoms with Crippen LogP contribution in [0.25, 0.3) is 5.52 Å². The van der Waals surface area contributed by atoms with Crippen molar-refractivity contribution in [3.8, 4) is 0 Å².